The van der Waals surface area contributed by atoms with Gasteiger partial charge in [0.25, 0.3) is 0 Å². The van der Waals surface area contributed by atoms with Crippen LogP contribution in [-0.2, 0) is 0 Å². The van der Waals surface area contributed by atoms with Crippen molar-refractivity contribution < 1.29 is 0 Å². The van der Waals surface area contributed by atoms with Crippen LogP contribution in [0.25, 0.3) is 0 Å². The molecule has 0 aromatic heterocycles. The first kappa shape index (κ1) is 13.8. The third-order valence-electron chi connectivity index (χ3n) is 3.73. The summed E-state index contributed by atoms with van der Waals surface area (Å²) in [7, 11) is 4.31. The molecule has 0 spiro atoms. The highest BCUT2D eigenvalue weighted by molar-refractivity contribution is 9.10. The first-order chi connectivity index (χ1) is 8.49. The predicted octanol–water partition coefficient (Wildman–Crippen LogP) is 2.61. The first-order valence-electron chi connectivity index (χ1n) is 6.45. The van der Waals surface area contributed by atoms with Crippen molar-refractivity contribution in [3.63, 3.8) is 0 Å². The van der Waals surface area contributed by atoms with Gasteiger partial charge in [0.15, 0.2) is 0 Å². The maximum absolute atomic E-state index is 5.91. The molecule has 1 aliphatic heterocycles. The molecule has 1 fully saturated rings. The van der Waals surface area contributed by atoms with E-state index in [1.807, 2.05) is 6.92 Å². The van der Waals surface area contributed by atoms with E-state index in [4.69, 9.17) is 5.73 Å². The van der Waals surface area contributed by atoms with Crippen molar-refractivity contribution >= 4 is 21.6 Å². The van der Waals surface area contributed by atoms with Gasteiger partial charge in [0.05, 0.1) is 5.69 Å². The molecule has 2 atom stereocenters. The van der Waals surface area contributed by atoms with Gasteiger partial charge in [-0.05, 0) is 61.1 Å². The number of nitrogens with zero attached hydrogens (tertiary/aromatic N) is 2. The molecule has 18 heavy (non-hydrogen) atoms. The summed E-state index contributed by atoms with van der Waals surface area (Å²) in [6, 6.07) is 7.20. The monoisotopic (exact) mass is 311 g/mol. The van der Waals surface area contributed by atoms with Crippen molar-refractivity contribution in [2.24, 2.45) is 5.73 Å². The molecular formula is C14H22BrN3. The van der Waals surface area contributed by atoms with E-state index in [9.17, 15) is 0 Å². The SMILES string of the molecule is CC(N)c1ccc(N2CCC(N(C)C)C2)c(Br)c1. The smallest absolute Gasteiger partial charge is 0.0511 e. The number of benzene rings is 1. The van der Waals surface area contributed by atoms with Crippen LogP contribution >= 0.6 is 15.9 Å². The molecule has 1 aromatic carbocycles. The normalized spacial score (nSPS) is 21.7. The summed E-state index contributed by atoms with van der Waals surface area (Å²) >= 11 is 3.67. The van der Waals surface area contributed by atoms with Crippen molar-refractivity contribution in [2.75, 3.05) is 32.1 Å². The van der Waals surface area contributed by atoms with E-state index in [2.05, 4.69) is 58.0 Å². The molecule has 2 rings (SSSR count). The summed E-state index contributed by atoms with van der Waals surface area (Å²) in [4.78, 5) is 4.75. The van der Waals surface area contributed by atoms with Crippen LogP contribution in [0, 0.1) is 0 Å². The molecule has 2 N–H and O–H groups in total. The van der Waals surface area contributed by atoms with E-state index >= 15 is 0 Å². The second kappa shape index (κ2) is 5.59. The second-order valence-electron chi connectivity index (χ2n) is 5.35. The summed E-state index contributed by atoms with van der Waals surface area (Å²) < 4.78 is 1.15. The minimum absolute atomic E-state index is 0.0865. The Kier molecular flexibility index (Phi) is 4.30. The van der Waals surface area contributed by atoms with E-state index < -0.39 is 0 Å². The first-order valence-corrected chi connectivity index (χ1v) is 7.24. The van der Waals surface area contributed by atoms with E-state index in [0.29, 0.717) is 6.04 Å². The fraction of sp³-hybridized carbons (Fsp3) is 0.571. The van der Waals surface area contributed by atoms with Crippen molar-refractivity contribution in [1.29, 1.82) is 0 Å². The van der Waals surface area contributed by atoms with Crippen molar-refractivity contribution in [3.8, 4) is 0 Å². The largest absolute Gasteiger partial charge is 0.369 e. The summed E-state index contributed by atoms with van der Waals surface area (Å²) in [6.07, 6.45) is 1.23. The van der Waals surface area contributed by atoms with Gasteiger partial charge in [0.2, 0.25) is 0 Å². The lowest BCUT2D eigenvalue weighted by molar-refractivity contribution is 0.315. The van der Waals surface area contributed by atoms with E-state index in [0.717, 1.165) is 17.6 Å². The summed E-state index contributed by atoms with van der Waals surface area (Å²) in [5.41, 5.74) is 8.36. The van der Waals surface area contributed by atoms with Gasteiger partial charge in [-0.1, -0.05) is 6.07 Å². The lowest BCUT2D eigenvalue weighted by Crippen LogP contribution is -2.31. The van der Waals surface area contributed by atoms with Gasteiger partial charge < -0.3 is 15.5 Å². The average molecular weight is 312 g/mol. The zero-order chi connectivity index (χ0) is 13.3. The lowest BCUT2D eigenvalue weighted by Gasteiger charge is -2.23. The number of anilines is 1. The van der Waals surface area contributed by atoms with Crippen molar-refractivity contribution in [3.05, 3.63) is 28.2 Å². The van der Waals surface area contributed by atoms with Crippen LogP contribution in [-0.4, -0.2) is 38.1 Å². The molecule has 0 aliphatic carbocycles. The second-order valence-corrected chi connectivity index (χ2v) is 6.21. The molecule has 0 amide bonds. The summed E-state index contributed by atoms with van der Waals surface area (Å²) in [5.74, 6) is 0. The van der Waals surface area contributed by atoms with E-state index in [-0.39, 0.29) is 6.04 Å². The Morgan fingerprint density at radius 1 is 1.44 bits per heavy atom. The van der Waals surface area contributed by atoms with Crippen LogP contribution in [0.15, 0.2) is 22.7 Å². The highest BCUT2D eigenvalue weighted by atomic mass is 79.9. The standard InChI is InChI=1S/C14H22BrN3/c1-10(16)11-4-5-14(13(15)8-11)18-7-6-12(9-18)17(2)3/h4-5,8,10,12H,6-7,9,16H2,1-3H3. The zero-order valence-electron chi connectivity index (χ0n) is 11.4. The van der Waals surface area contributed by atoms with Gasteiger partial charge in [-0.2, -0.15) is 0 Å². The molecule has 0 bridgehead atoms. The Labute approximate surface area is 118 Å². The molecule has 2 unspecified atom stereocenters. The molecule has 100 valence electrons. The number of hydrogen-bond acceptors (Lipinski definition) is 3. The highest BCUT2D eigenvalue weighted by Gasteiger charge is 2.25. The maximum Gasteiger partial charge on any atom is 0.0511 e. The van der Waals surface area contributed by atoms with Crippen LogP contribution in [0.4, 0.5) is 5.69 Å². The van der Waals surface area contributed by atoms with Gasteiger partial charge in [-0.3, -0.25) is 0 Å². The number of likely N-dealkylation sites (N-methyl/N-ethyl adjacent to an activating group) is 1. The lowest BCUT2D eigenvalue weighted by atomic mass is 10.1. The molecule has 1 aliphatic rings. The topological polar surface area (TPSA) is 32.5 Å². The quantitative estimate of drug-likeness (QED) is 0.931. The molecule has 0 radical (unpaired) electrons. The number of hydrogen-bond donors (Lipinski definition) is 1. The Morgan fingerprint density at radius 3 is 2.67 bits per heavy atom. The van der Waals surface area contributed by atoms with Crippen molar-refractivity contribution in [2.45, 2.75) is 25.4 Å². The Bertz CT molecular complexity index is 418. The van der Waals surface area contributed by atoms with Gasteiger partial charge in [0, 0.05) is 29.6 Å². The van der Waals surface area contributed by atoms with Gasteiger partial charge in [-0.15, -0.1) is 0 Å². The fourth-order valence-corrected chi connectivity index (χ4v) is 3.09. The maximum atomic E-state index is 5.91. The number of rotatable bonds is 3. The van der Waals surface area contributed by atoms with Gasteiger partial charge >= 0.3 is 0 Å². The van der Waals surface area contributed by atoms with Crippen LogP contribution in [0.3, 0.4) is 0 Å². The summed E-state index contributed by atoms with van der Waals surface area (Å²) in [6.45, 7) is 4.24. The third-order valence-corrected chi connectivity index (χ3v) is 4.37. The molecule has 1 aromatic rings. The van der Waals surface area contributed by atoms with E-state index in [1.165, 1.54) is 17.7 Å². The minimum atomic E-state index is 0.0865. The molecular weight excluding hydrogens is 290 g/mol. The molecule has 3 nitrogen and oxygen atoms in total. The fourth-order valence-electron chi connectivity index (χ4n) is 2.44. The molecule has 4 heteroatoms. The Hall–Kier alpha value is -0.580. The minimum Gasteiger partial charge on any atom is -0.369 e. The summed E-state index contributed by atoms with van der Waals surface area (Å²) in [5, 5.41) is 0. The van der Waals surface area contributed by atoms with Gasteiger partial charge in [-0.25, -0.2) is 0 Å². The van der Waals surface area contributed by atoms with Crippen molar-refractivity contribution in [1.82, 2.24) is 4.90 Å². The van der Waals surface area contributed by atoms with Crippen LogP contribution in [0.2, 0.25) is 0 Å². The number of halogens is 1. The molecule has 1 saturated heterocycles. The number of nitrogens with two attached hydrogens (primary N) is 1. The Morgan fingerprint density at radius 2 is 2.17 bits per heavy atom. The Balaban J connectivity index is 2.15. The predicted molar refractivity (Wildman–Crippen MR) is 81.0 cm³/mol. The third kappa shape index (κ3) is 2.87. The molecule has 1 heterocycles. The van der Waals surface area contributed by atoms with E-state index in [1.54, 1.807) is 0 Å². The van der Waals surface area contributed by atoms with Crippen LogP contribution < -0.4 is 10.6 Å². The highest BCUT2D eigenvalue weighted by Crippen LogP contribution is 2.31. The van der Waals surface area contributed by atoms with Crippen LogP contribution in [0.1, 0.15) is 24.9 Å². The van der Waals surface area contributed by atoms with Gasteiger partial charge in [0.1, 0.15) is 0 Å². The zero-order valence-corrected chi connectivity index (χ0v) is 12.9. The molecule has 0 saturated carbocycles. The van der Waals surface area contributed by atoms with Crippen LogP contribution in [0.5, 0.6) is 0 Å². The average Bonchev–Trinajstić information content (AvgIpc) is 2.78.